The molecule has 17 heavy (non-hydrogen) atoms. The highest BCUT2D eigenvalue weighted by atomic mass is 14.7. The minimum absolute atomic E-state index is 0.0779. The van der Waals surface area contributed by atoms with Crippen LogP contribution in [0.1, 0.15) is 48.6 Å². The topological polar surface area (TPSA) is 52.0 Å². The standard InChI is InChI=1S/C15H26N2/c1-10-6-11(2)14(12(3)7-10)13(17)8-15(4,5)9-16/h6-7,13H,8-9,16-17H2,1-5H3. The average molecular weight is 234 g/mol. The lowest BCUT2D eigenvalue weighted by molar-refractivity contribution is 0.316. The van der Waals surface area contributed by atoms with Gasteiger partial charge in [0.25, 0.3) is 0 Å². The molecule has 0 aliphatic heterocycles. The van der Waals surface area contributed by atoms with Gasteiger partial charge in [-0.05, 0) is 55.8 Å². The molecule has 0 saturated heterocycles. The van der Waals surface area contributed by atoms with Gasteiger partial charge in [0.05, 0.1) is 0 Å². The van der Waals surface area contributed by atoms with E-state index in [0.29, 0.717) is 6.54 Å². The van der Waals surface area contributed by atoms with Gasteiger partial charge in [-0.3, -0.25) is 0 Å². The van der Waals surface area contributed by atoms with E-state index in [2.05, 4.69) is 46.8 Å². The van der Waals surface area contributed by atoms with Crippen LogP contribution >= 0.6 is 0 Å². The van der Waals surface area contributed by atoms with Crippen molar-refractivity contribution in [2.45, 2.75) is 47.1 Å². The van der Waals surface area contributed by atoms with Crippen LogP contribution in [0.15, 0.2) is 12.1 Å². The zero-order chi connectivity index (χ0) is 13.2. The lowest BCUT2D eigenvalue weighted by Crippen LogP contribution is -2.29. The lowest BCUT2D eigenvalue weighted by atomic mass is 9.81. The number of rotatable bonds is 4. The fourth-order valence-corrected chi connectivity index (χ4v) is 2.56. The van der Waals surface area contributed by atoms with Crippen LogP contribution in [0.25, 0.3) is 0 Å². The van der Waals surface area contributed by atoms with E-state index in [9.17, 15) is 0 Å². The second kappa shape index (κ2) is 5.19. The first-order valence-corrected chi connectivity index (χ1v) is 6.30. The summed E-state index contributed by atoms with van der Waals surface area (Å²) in [5.41, 5.74) is 17.4. The highest BCUT2D eigenvalue weighted by molar-refractivity contribution is 5.39. The second-order valence-corrected chi connectivity index (χ2v) is 5.99. The van der Waals surface area contributed by atoms with E-state index in [1.807, 2.05) is 0 Å². The molecule has 0 amide bonds. The van der Waals surface area contributed by atoms with Crippen molar-refractivity contribution >= 4 is 0 Å². The predicted molar refractivity (Wildman–Crippen MR) is 75.0 cm³/mol. The molecule has 0 heterocycles. The maximum Gasteiger partial charge on any atom is 0.0305 e. The van der Waals surface area contributed by atoms with Crippen molar-refractivity contribution in [1.29, 1.82) is 0 Å². The van der Waals surface area contributed by atoms with E-state index >= 15 is 0 Å². The van der Waals surface area contributed by atoms with E-state index in [-0.39, 0.29) is 11.5 Å². The van der Waals surface area contributed by atoms with Gasteiger partial charge in [0.1, 0.15) is 0 Å². The molecule has 0 aliphatic carbocycles. The summed E-state index contributed by atoms with van der Waals surface area (Å²) in [6, 6.07) is 4.49. The summed E-state index contributed by atoms with van der Waals surface area (Å²) in [7, 11) is 0. The molecule has 1 atom stereocenters. The van der Waals surface area contributed by atoms with E-state index in [1.165, 1.54) is 22.3 Å². The summed E-state index contributed by atoms with van der Waals surface area (Å²) < 4.78 is 0. The van der Waals surface area contributed by atoms with Crippen molar-refractivity contribution in [3.63, 3.8) is 0 Å². The average Bonchev–Trinajstić information content (AvgIpc) is 2.14. The van der Waals surface area contributed by atoms with Crippen LogP contribution in [-0.2, 0) is 0 Å². The third-order valence-corrected chi connectivity index (χ3v) is 3.43. The number of nitrogens with two attached hydrogens (primary N) is 2. The highest BCUT2D eigenvalue weighted by Gasteiger charge is 2.22. The summed E-state index contributed by atoms with van der Waals surface area (Å²) in [6.45, 7) is 11.4. The zero-order valence-electron chi connectivity index (χ0n) is 11.8. The molecule has 4 N–H and O–H groups in total. The molecule has 0 aliphatic rings. The van der Waals surface area contributed by atoms with Gasteiger partial charge in [-0.1, -0.05) is 31.5 Å². The van der Waals surface area contributed by atoms with Crippen molar-refractivity contribution in [1.82, 2.24) is 0 Å². The smallest absolute Gasteiger partial charge is 0.0305 e. The largest absolute Gasteiger partial charge is 0.330 e. The van der Waals surface area contributed by atoms with Crippen molar-refractivity contribution in [3.8, 4) is 0 Å². The van der Waals surface area contributed by atoms with E-state index in [1.54, 1.807) is 0 Å². The molecule has 0 saturated carbocycles. The van der Waals surface area contributed by atoms with E-state index in [4.69, 9.17) is 11.5 Å². The van der Waals surface area contributed by atoms with Crippen LogP contribution in [-0.4, -0.2) is 6.54 Å². The number of aryl methyl sites for hydroxylation is 3. The Balaban J connectivity index is 3.01. The van der Waals surface area contributed by atoms with Gasteiger partial charge in [-0.2, -0.15) is 0 Å². The first-order valence-electron chi connectivity index (χ1n) is 6.30. The van der Waals surface area contributed by atoms with Gasteiger partial charge in [0.15, 0.2) is 0 Å². The molecule has 0 fully saturated rings. The van der Waals surface area contributed by atoms with Crippen LogP contribution in [0.5, 0.6) is 0 Å². The SMILES string of the molecule is Cc1cc(C)c(C(N)CC(C)(C)CN)c(C)c1. The Morgan fingerprint density at radius 3 is 2.00 bits per heavy atom. The number of hydrogen-bond acceptors (Lipinski definition) is 2. The maximum absolute atomic E-state index is 6.35. The Morgan fingerprint density at radius 1 is 1.12 bits per heavy atom. The van der Waals surface area contributed by atoms with Crippen LogP contribution in [0.4, 0.5) is 0 Å². The van der Waals surface area contributed by atoms with Gasteiger partial charge in [-0.25, -0.2) is 0 Å². The maximum atomic E-state index is 6.35. The van der Waals surface area contributed by atoms with Gasteiger partial charge in [0, 0.05) is 6.04 Å². The van der Waals surface area contributed by atoms with Gasteiger partial charge < -0.3 is 11.5 Å². The normalized spacial score (nSPS) is 13.8. The molecule has 1 unspecified atom stereocenters. The Morgan fingerprint density at radius 2 is 1.59 bits per heavy atom. The number of hydrogen-bond donors (Lipinski definition) is 2. The van der Waals surface area contributed by atoms with E-state index < -0.39 is 0 Å². The predicted octanol–water partition coefficient (Wildman–Crippen LogP) is 2.99. The van der Waals surface area contributed by atoms with Crippen molar-refractivity contribution in [3.05, 3.63) is 34.4 Å². The Kier molecular flexibility index (Phi) is 4.34. The fraction of sp³-hybridized carbons (Fsp3) is 0.600. The van der Waals surface area contributed by atoms with Gasteiger partial charge in [-0.15, -0.1) is 0 Å². The Bertz CT molecular complexity index is 371. The monoisotopic (exact) mass is 234 g/mol. The molecule has 1 aromatic rings. The summed E-state index contributed by atoms with van der Waals surface area (Å²) in [5.74, 6) is 0. The van der Waals surface area contributed by atoms with Gasteiger partial charge >= 0.3 is 0 Å². The zero-order valence-corrected chi connectivity index (χ0v) is 11.8. The summed E-state index contributed by atoms with van der Waals surface area (Å²) in [4.78, 5) is 0. The molecule has 2 nitrogen and oxygen atoms in total. The summed E-state index contributed by atoms with van der Waals surface area (Å²) >= 11 is 0. The minimum atomic E-state index is 0.0779. The first kappa shape index (κ1) is 14.2. The molecule has 1 rings (SSSR count). The van der Waals surface area contributed by atoms with Crippen molar-refractivity contribution in [2.24, 2.45) is 16.9 Å². The number of benzene rings is 1. The van der Waals surface area contributed by atoms with Crippen LogP contribution in [0.2, 0.25) is 0 Å². The van der Waals surface area contributed by atoms with E-state index in [0.717, 1.165) is 6.42 Å². The van der Waals surface area contributed by atoms with Crippen LogP contribution in [0.3, 0.4) is 0 Å². The molecule has 1 aromatic carbocycles. The van der Waals surface area contributed by atoms with Crippen molar-refractivity contribution < 1.29 is 0 Å². The molecule has 0 bridgehead atoms. The quantitative estimate of drug-likeness (QED) is 0.841. The molecule has 0 aromatic heterocycles. The Hall–Kier alpha value is -0.860. The molecule has 0 spiro atoms. The molecule has 2 heteroatoms. The van der Waals surface area contributed by atoms with Crippen molar-refractivity contribution in [2.75, 3.05) is 6.54 Å². The lowest BCUT2D eigenvalue weighted by Gasteiger charge is -2.28. The third kappa shape index (κ3) is 3.55. The third-order valence-electron chi connectivity index (χ3n) is 3.43. The molecular formula is C15H26N2. The highest BCUT2D eigenvalue weighted by Crippen LogP contribution is 2.31. The first-order chi connectivity index (χ1) is 7.76. The summed E-state index contributed by atoms with van der Waals surface area (Å²) in [6.07, 6.45) is 0.925. The Labute approximate surface area is 105 Å². The second-order valence-electron chi connectivity index (χ2n) is 5.99. The molecule has 0 radical (unpaired) electrons. The summed E-state index contributed by atoms with van der Waals surface area (Å²) in [5, 5.41) is 0. The van der Waals surface area contributed by atoms with Crippen LogP contribution < -0.4 is 11.5 Å². The molecule has 96 valence electrons. The fourth-order valence-electron chi connectivity index (χ4n) is 2.56. The van der Waals surface area contributed by atoms with Gasteiger partial charge in [0.2, 0.25) is 0 Å². The minimum Gasteiger partial charge on any atom is -0.330 e. The molecular weight excluding hydrogens is 208 g/mol. The van der Waals surface area contributed by atoms with Crippen LogP contribution in [0, 0.1) is 26.2 Å².